The Labute approximate surface area is 169 Å². The predicted octanol–water partition coefficient (Wildman–Crippen LogP) is 3.59. The van der Waals surface area contributed by atoms with Gasteiger partial charge in [-0.3, -0.25) is 19.4 Å². The fourth-order valence-corrected chi connectivity index (χ4v) is 4.21. The highest BCUT2D eigenvalue weighted by Crippen LogP contribution is 2.43. The summed E-state index contributed by atoms with van der Waals surface area (Å²) in [6.45, 7) is 2.31. The lowest BCUT2D eigenvalue weighted by Crippen LogP contribution is -2.47. The molecule has 0 spiro atoms. The number of hydrogen-bond acceptors (Lipinski definition) is 4. The quantitative estimate of drug-likeness (QED) is 0.782. The second-order valence-corrected chi connectivity index (χ2v) is 7.97. The van der Waals surface area contributed by atoms with Gasteiger partial charge in [-0.2, -0.15) is 0 Å². The second-order valence-electron chi connectivity index (χ2n) is 7.54. The molecule has 1 atom stereocenters. The molecule has 2 aliphatic rings. The molecule has 28 heavy (non-hydrogen) atoms. The SMILES string of the molecule is O=C(CC1(O)C(=O)N(CN2CCCCC2)c2ccccc21)c1ccc(Cl)cc1. The number of amides is 1. The Morgan fingerprint density at radius 2 is 1.71 bits per heavy atom. The zero-order valence-electron chi connectivity index (χ0n) is 15.6. The molecular weight excluding hydrogens is 376 g/mol. The Bertz CT molecular complexity index is 893. The highest BCUT2D eigenvalue weighted by molar-refractivity contribution is 6.30. The number of benzene rings is 2. The van der Waals surface area contributed by atoms with E-state index in [1.54, 1.807) is 41.3 Å². The van der Waals surface area contributed by atoms with Gasteiger partial charge in [0, 0.05) is 16.1 Å². The molecule has 1 N–H and O–H groups in total. The lowest BCUT2D eigenvalue weighted by molar-refractivity contribution is -0.136. The van der Waals surface area contributed by atoms with E-state index in [1.807, 2.05) is 12.1 Å². The minimum atomic E-state index is -1.84. The molecule has 4 rings (SSSR count). The minimum absolute atomic E-state index is 0.290. The number of carbonyl (C=O) groups is 2. The molecule has 0 saturated carbocycles. The molecule has 2 aliphatic heterocycles. The minimum Gasteiger partial charge on any atom is -0.375 e. The third-order valence-electron chi connectivity index (χ3n) is 5.61. The maximum Gasteiger partial charge on any atom is 0.265 e. The van der Waals surface area contributed by atoms with Gasteiger partial charge in [-0.25, -0.2) is 0 Å². The normalized spacial score (nSPS) is 22.4. The Kier molecular flexibility index (Phi) is 5.23. The number of ketones is 1. The van der Waals surface area contributed by atoms with E-state index in [9.17, 15) is 14.7 Å². The number of piperidine rings is 1. The number of nitrogens with zero attached hydrogens (tertiary/aromatic N) is 2. The largest absolute Gasteiger partial charge is 0.375 e. The number of rotatable bonds is 5. The summed E-state index contributed by atoms with van der Waals surface area (Å²) in [6, 6.07) is 13.7. The molecule has 1 unspecified atom stereocenters. The van der Waals surface area contributed by atoms with Gasteiger partial charge in [0.25, 0.3) is 5.91 Å². The van der Waals surface area contributed by atoms with Crippen LogP contribution in [0.15, 0.2) is 48.5 Å². The summed E-state index contributed by atoms with van der Waals surface area (Å²) in [4.78, 5) is 29.9. The lowest BCUT2D eigenvalue weighted by Gasteiger charge is -2.31. The van der Waals surface area contributed by atoms with Crippen LogP contribution in [0, 0.1) is 0 Å². The molecule has 0 aromatic heterocycles. The van der Waals surface area contributed by atoms with Crippen LogP contribution in [0.3, 0.4) is 0 Å². The first-order chi connectivity index (χ1) is 13.5. The Morgan fingerprint density at radius 3 is 2.43 bits per heavy atom. The summed E-state index contributed by atoms with van der Waals surface area (Å²) in [5.74, 6) is -0.719. The number of aliphatic hydroxyl groups is 1. The summed E-state index contributed by atoms with van der Waals surface area (Å²) >= 11 is 5.89. The van der Waals surface area contributed by atoms with E-state index in [-0.39, 0.29) is 12.2 Å². The molecule has 2 heterocycles. The third-order valence-corrected chi connectivity index (χ3v) is 5.86. The zero-order valence-corrected chi connectivity index (χ0v) is 16.4. The number of halogens is 1. The average Bonchev–Trinajstić information content (AvgIpc) is 2.91. The van der Waals surface area contributed by atoms with Crippen LogP contribution in [0.4, 0.5) is 5.69 Å². The molecule has 2 aromatic carbocycles. The number of anilines is 1. The van der Waals surface area contributed by atoms with E-state index in [1.165, 1.54) is 6.42 Å². The number of fused-ring (bicyclic) bond motifs is 1. The fraction of sp³-hybridized carbons (Fsp3) is 0.364. The molecule has 1 fully saturated rings. The molecular formula is C22H23ClN2O3. The summed E-state index contributed by atoms with van der Waals surface area (Å²) in [7, 11) is 0. The maximum absolute atomic E-state index is 13.3. The number of hydrogen-bond donors (Lipinski definition) is 1. The molecule has 0 aliphatic carbocycles. The zero-order chi connectivity index (χ0) is 19.7. The van der Waals surface area contributed by atoms with Crippen molar-refractivity contribution in [2.24, 2.45) is 0 Å². The standard InChI is InChI=1S/C22H23ClN2O3/c23-17-10-8-16(9-11-17)20(26)14-22(28)18-6-2-3-7-19(18)25(21(22)27)15-24-12-4-1-5-13-24/h2-3,6-11,28H,1,4-5,12-15H2. The van der Waals surface area contributed by atoms with E-state index in [0.717, 1.165) is 25.9 Å². The van der Waals surface area contributed by atoms with E-state index in [4.69, 9.17) is 11.6 Å². The first-order valence-corrected chi connectivity index (χ1v) is 10.0. The van der Waals surface area contributed by atoms with Crippen molar-refractivity contribution in [2.45, 2.75) is 31.3 Å². The van der Waals surface area contributed by atoms with Gasteiger partial charge in [0.1, 0.15) is 0 Å². The highest BCUT2D eigenvalue weighted by atomic mass is 35.5. The summed E-state index contributed by atoms with van der Waals surface area (Å²) in [5.41, 5.74) is -0.232. The number of carbonyl (C=O) groups excluding carboxylic acids is 2. The topological polar surface area (TPSA) is 60.9 Å². The van der Waals surface area contributed by atoms with E-state index < -0.39 is 11.5 Å². The van der Waals surface area contributed by atoms with Crippen LogP contribution < -0.4 is 4.90 Å². The van der Waals surface area contributed by atoms with Crippen LogP contribution >= 0.6 is 11.6 Å². The number of para-hydroxylation sites is 1. The monoisotopic (exact) mass is 398 g/mol. The molecule has 1 saturated heterocycles. The molecule has 0 bridgehead atoms. The van der Waals surface area contributed by atoms with Crippen molar-refractivity contribution in [1.82, 2.24) is 4.90 Å². The summed E-state index contributed by atoms with van der Waals surface area (Å²) in [5, 5.41) is 11.9. The van der Waals surface area contributed by atoms with Gasteiger partial charge in [-0.05, 0) is 56.3 Å². The second kappa shape index (κ2) is 7.66. The van der Waals surface area contributed by atoms with Gasteiger partial charge in [0.2, 0.25) is 0 Å². The van der Waals surface area contributed by atoms with Crippen molar-refractivity contribution in [3.05, 3.63) is 64.7 Å². The molecule has 5 nitrogen and oxygen atoms in total. The van der Waals surface area contributed by atoms with E-state index in [0.29, 0.717) is 28.5 Å². The van der Waals surface area contributed by atoms with Crippen molar-refractivity contribution in [2.75, 3.05) is 24.7 Å². The van der Waals surface area contributed by atoms with E-state index in [2.05, 4.69) is 4.90 Å². The van der Waals surface area contributed by atoms with Crippen molar-refractivity contribution in [3.63, 3.8) is 0 Å². The highest BCUT2D eigenvalue weighted by Gasteiger charge is 2.51. The van der Waals surface area contributed by atoms with Crippen molar-refractivity contribution >= 4 is 29.0 Å². The molecule has 1 amide bonds. The van der Waals surface area contributed by atoms with Gasteiger partial charge in [-0.15, -0.1) is 0 Å². The first kappa shape index (κ1) is 19.1. The third kappa shape index (κ3) is 3.46. The number of likely N-dealkylation sites (tertiary alicyclic amines) is 1. The molecule has 2 aromatic rings. The molecule has 146 valence electrons. The van der Waals surface area contributed by atoms with Gasteiger partial charge in [-0.1, -0.05) is 36.2 Å². The number of Topliss-reactive ketones (excluding diaryl/α,β-unsaturated/α-hetero) is 1. The van der Waals surface area contributed by atoms with Crippen LogP contribution in [0.1, 0.15) is 41.6 Å². The lowest BCUT2D eigenvalue weighted by atomic mass is 9.88. The van der Waals surface area contributed by atoms with Crippen LogP contribution in [-0.4, -0.2) is 41.5 Å². The predicted molar refractivity (Wildman–Crippen MR) is 109 cm³/mol. The Morgan fingerprint density at radius 1 is 1.04 bits per heavy atom. The Balaban J connectivity index is 1.61. The van der Waals surface area contributed by atoms with Gasteiger partial charge < -0.3 is 5.11 Å². The van der Waals surface area contributed by atoms with Crippen LogP contribution in [0.25, 0.3) is 0 Å². The van der Waals surface area contributed by atoms with Crippen molar-refractivity contribution < 1.29 is 14.7 Å². The fourth-order valence-electron chi connectivity index (χ4n) is 4.09. The maximum atomic E-state index is 13.3. The smallest absolute Gasteiger partial charge is 0.265 e. The van der Waals surface area contributed by atoms with Crippen LogP contribution in [-0.2, 0) is 10.4 Å². The average molecular weight is 399 g/mol. The summed E-state index contributed by atoms with van der Waals surface area (Å²) in [6.07, 6.45) is 3.15. The first-order valence-electron chi connectivity index (χ1n) is 9.64. The Hall–Kier alpha value is -2.21. The van der Waals surface area contributed by atoms with E-state index >= 15 is 0 Å². The van der Waals surface area contributed by atoms with Gasteiger partial charge in [0.15, 0.2) is 11.4 Å². The van der Waals surface area contributed by atoms with Crippen LogP contribution in [0.5, 0.6) is 0 Å². The van der Waals surface area contributed by atoms with Crippen LogP contribution in [0.2, 0.25) is 5.02 Å². The summed E-state index contributed by atoms with van der Waals surface area (Å²) < 4.78 is 0. The molecule has 6 heteroatoms. The van der Waals surface area contributed by atoms with Crippen molar-refractivity contribution in [1.29, 1.82) is 0 Å². The van der Waals surface area contributed by atoms with Crippen molar-refractivity contribution in [3.8, 4) is 0 Å². The van der Waals surface area contributed by atoms with Gasteiger partial charge >= 0.3 is 0 Å². The molecule has 0 radical (unpaired) electrons. The van der Waals surface area contributed by atoms with Gasteiger partial charge in [0.05, 0.1) is 18.8 Å².